The van der Waals surface area contributed by atoms with E-state index in [9.17, 15) is 5.11 Å². The van der Waals surface area contributed by atoms with Gasteiger partial charge in [0.15, 0.2) is 0 Å². The van der Waals surface area contributed by atoms with Crippen LogP contribution in [0.25, 0.3) is 0 Å². The summed E-state index contributed by atoms with van der Waals surface area (Å²) in [5.74, 6) is 0.466. The molecule has 2 nitrogen and oxygen atoms in total. The minimum Gasteiger partial charge on any atom is -0.393 e. The van der Waals surface area contributed by atoms with E-state index in [1.807, 2.05) is 18.2 Å². The van der Waals surface area contributed by atoms with Crippen LogP contribution in [0.2, 0.25) is 5.02 Å². The third-order valence-electron chi connectivity index (χ3n) is 2.06. The highest BCUT2D eigenvalue weighted by molar-refractivity contribution is 6.30. The van der Waals surface area contributed by atoms with Crippen molar-refractivity contribution < 1.29 is 9.84 Å². The third kappa shape index (κ3) is 4.54. The van der Waals surface area contributed by atoms with Crippen LogP contribution in [0.15, 0.2) is 36.4 Å². The van der Waals surface area contributed by atoms with Crippen molar-refractivity contribution in [2.75, 3.05) is 19.1 Å². The molecule has 1 atom stereocenters. The summed E-state index contributed by atoms with van der Waals surface area (Å²) < 4.78 is 5.48. The Morgan fingerprint density at radius 3 is 2.50 bits per heavy atom. The predicted molar refractivity (Wildman–Crippen MR) is 67.1 cm³/mol. The van der Waals surface area contributed by atoms with Gasteiger partial charge < -0.3 is 9.84 Å². The van der Waals surface area contributed by atoms with E-state index in [1.54, 1.807) is 18.2 Å². The number of allylic oxidation sites excluding steroid dienone is 1. The van der Waals surface area contributed by atoms with Gasteiger partial charge in [-0.15, -0.1) is 11.6 Å². The zero-order valence-corrected chi connectivity index (χ0v) is 10.3. The fraction of sp³-hybridized carbons (Fsp3) is 0.333. The number of rotatable bonds is 6. The van der Waals surface area contributed by atoms with Crippen molar-refractivity contribution in [3.8, 4) is 0 Å². The van der Waals surface area contributed by atoms with Crippen LogP contribution in [0.4, 0.5) is 0 Å². The summed E-state index contributed by atoms with van der Waals surface area (Å²) in [5, 5.41) is 9.87. The first-order chi connectivity index (χ1) is 7.77. The maximum atomic E-state index is 9.20. The molecule has 0 heterocycles. The fourth-order valence-corrected chi connectivity index (χ4v) is 1.49. The zero-order chi connectivity index (χ0) is 11.8. The number of aliphatic hydroxyl groups excluding tert-OH is 1. The quantitative estimate of drug-likeness (QED) is 0.629. The number of hydrogen-bond donors (Lipinski definition) is 1. The largest absolute Gasteiger partial charge is 0.393 e. The Labute approximate surface area is 105 Å². The minimum absolute atomic E-state index is 0.0592. The fourth-order valence-electron chi connectivity index (χ4n) is 1.23. The Morgan fingerprint density at radius 2 is 1.94 bits per heavy atom. The lowest BCUT2D eigenvalue weighted by Gasteiger charge is -2.14. The lowest BCUT2D eigenvalue weighted by atomic mass is 10.1. The summed E-state index contributed by atoms with van der Waals surface area (Å²) in [7, 11) is 0. The van der Waals surface area contributed by atoms with E-state index >= 15 is 0 Å². The van der Waals surface area contributed by atoms with Crippen molar-refractivity contribution in [1.29, 1.82) is 0 Å². The van der Waals surface area contributed by atoms with Gasteiger partial charge in [0.1, 0.15) is 6.10 Å². The third-order valence-corrected chi connectivity index (χ3v) is 2.49. The molecule has 0 saturated carbocycles. The van der Waals surface area contributed by atoms with Crippen LogP contribution in [-0.2, 0) is 4.74 Å². The highest BCUT2D eigenvalue weighted by Gasteiger charge is 2.09. The number of halogens is 2. The molecular weight excluding hydrogens is 247 g/mol. The Balaban J connectivity index is 2.53. The molecule has 0 aromatic heterocycles. The maximum absolute atomic E-state index is 9.20. The highest BCUT2D eigenvalue weighted by Crippen LogP contribution is 2.19. The standard InChI is InChI=1S/C12H14Cl2O2/c13-7-1-2-8-16-12(9-15)10-3-5-11(14)6-4-10/h1-6,12,15H,7-9H2/b2-1+/t12-/m1/s1. The molecule has 0 unspecified atom stereocenters. The van der Waals surface area contributed by atoms with Crippen LogP contribution in [0.3, 0.4) is 0 Å². The predicted octanol–water partition coefficient (Wildman–Crippen LogP) is 3.19. The van der Waals surface area contributed by atoms with Crippen molar-refractivity contribution in [2.45, 2.75) is 6.10 Å². The summed E-state index contributed by atoms with van der Waals surface area (Å²) in [6.07, 6.45) is 3.31. The normalized spacial score (nSPS) is 13.2. The summed E-state index contributed by atoms with van der Waals surface area (Å²) >= 11 is 11.3. The summed E-state index contributed by atoms with van der Waals surface area (Å²) in [5.41, 5.74) is 0.908. The molecule has 0 aliphatic heterocycles. The van der Waals surface area contributed by atoms with Gasteiger partial charge in [0.25, 0.3) is 0 Å². The van der Waals surface area contributed by atoms with E-state index in [-0.39, 0.29) is 12.7 Å². The molecule has 0 radical (unpaired) electrons. The van der Waals surface area contributed by atoms with Gasteiger partial charge in [-0.2, -0.15) is 0 Å². The van der Waals surface area contributed by atoms with E-state index < -0.39 is 0 Å². The van der Waals surface area contributed by atoms with Crippen LogP contribution in [0.5, 0.6) is 0 Å². The zero-order valence-electron chi connectivity index (χ0n) is 8.77. The Morgan fingerprint density at radius 1 is 1.25 bits per heavy atom. The maximum Gasteiger partial charge on any atom is 0.106 e. The van der Waals surface area contributed by atoms with Gasteiger partial charge in [-0.05, 0) is 17.7 Å². The molecule has 4 heteroatoms. The Bertz CT molecular complexity index is 322. The SMILES string of the molecule is OC[C@@H](OC/C=C/CCl)c1ccc(Cl)cc1. The molecule has 0 spiro atoms. The van der Waals surface area contributed by atoms with E-state index in [0.717, 1.165) is 5.56 Å². The molecule has 0 bridgehead atoms. The first-order valence-electron chi connectivity index (χ1n) is 4.96. The van der Waals surface area contributed by atoms with Gasteiger partial charge in [0.05, 0.1) is 13.2 Å². The molecule has 1 aromatic rings. The number of hydrogen-bond acceptors (Lipinski definition) is 2. The summed E-state index contributed by atoms with van der Waals surface area (Å²) in [6.45, 7) is 0.372. The van der Waals surface area contributed by atoms with Crippen molar-refractivity contribution in [3.63, 3.8) is 0 Å². The monoisotopic (exact) mass is 260 g/mol. The van der Waals surface area contributed by atoms with Crippen molar-refractivity contribution in [1.82, 2.24) is 0 Å². The number of aliphatic hydroxyl groups is 1. The molecule has 88 valence electrons. The van der Waals surface area contributed by atoms with Crippen LogP contribution in [-0.4, -0.2) is 24.2 Å². The Hall–Kier alpha value is -0.540. The van der Waals surface area contributed by atoms with Crippen molar-refractivity contribution in [3.05, 3.63) is 47.0 Å². The molecule has 0 aliphatic carbocycles. The molecule has 0 amide bonds. The summed E-state index contributed by atoms with van der Waals surface area (Å²) in [6, 6.07) is 7.23. The van der Waals surface area contributed by atoms with Crippen LogP contribution >= 0.6 is 23.2 Å². The average molecular weight is 261 g/mol. The summed E-state index contributed by atoms with van der Waals surface area (Å²) in [4.78, 5) is 0. The number of alkyl halides is 1. The van der Waals surface area contributed by atoms with Gasteiger partial charge in [-0.3, -0.25) is 0 Å². The van der Waals surface area contributed by atoms with Gasteiger partial charge in [0, 0.05) is 10.9 Å². The molecule has 1 rings (SSSR count). The van der Waals surface area contributed by atoms with Gasteiger partial charge in [-0.25, -0.2) is 0 Å². The molecule has 1 aromatic carbocycles. The Kier molecular flexibility index (Phi) is 6.50. The highest BCUT2D eigenvalue weighted by atomic mass is 35.5. The van der Waals surface area contributed by atoms with Crippen molar-refractivity contribution in [2.24, 2.45) is 0 Å². The molecule has 0 aliphatic rings. The lowest BCUT2D eigenvalue weighted by Crippen LogP contribution is -2.08. The topological polar surface area (TPSA) is 29.5 Å². The molecular formula is C12H14Cl2O2. The minimum atomic E-state index is -0.322. The van der Waals surface area contributed by atoms with E-state index in [0.29, 0.717) is 17.5 Å². The molecule has 0 fully saturated rings. The molecule has 0 saturated heterocycles. The van der Waals surface area contributed by atoms with E-state index in [4.69, 9.17) is 27.9 Å². The van der Waals surface area contributed by atoms with Crippen molar-refractivity contribution >= 4 is 23.2 Å². The average Bonchev–Trinajstić information content (AvgIpc) is 2.31. The van der Waals surface area contributed by atoms with E-state index in [2.05, 4.69) is 0 Å². The van der Waals surface area contributed by atoms with Gasteiger partial charge in [-0.1, -0.05) is 35.9 Å². The molecule has 1 N–H and O–H groups in total. The van der Waals surface area contributed by atoms with E-state index in [1.165, 1.54) is 0 Å². The van der Waals surface area contributed by atoms with Gasteiger partial charge >= 0.3 is 0 Å². The second-order valence-electron chi connectivity index (χ2n) is 3.18. The van der Waals surface area contributed by atoms with Crippen LogP contribution < -0.4 is 0 Å². The first kappa shape index (κ1) is 13.5. The first-order valence-corrected chi connectivity index (χ1v) is 5.88. The smallest absolute Gasteiger partial charge is 0.106 e. The second-order valence-corrected chi connectivity index (χ2v) is 3.93. The number of ether oxygens (including phenoxy) is 1. The van der Waals surface area contributed by atoms with Gasteiger partial charge in [0.2, 0.25) is 0 Å². The second kappa shape index (κ2) is 7.69. The van der Waals surface area contributed by atoms with Crippen LogP contribution in [0.1, 0.15) is 11.7 Å². The lowest BCUT2D eigenvalue weighted by molar-refractivity contribution is 0.0274. The molecule has 16 heavy (non-hydrogen) atoms. The van der Waals surface area contributed by atoms with Crippen LogP contribution in [0, 0.1) is 0 Å². The number of benzene rings is 1.